The molecule has 0 aromatic carbocycles. The summed E-state index contributed by atoms with van der Waals surface area (Å²) in [7, 11) is 0. The molecule has 1 unspecified atom stereocenters. The molecule has 84 valence electrons. The van der Waals surface area contributed by atoms with Gasteiger partial charge in [0.1, 0.15) is 5.01 Å². The third-order valence-electron chi connectivity index (χ3n) is 2.81. The summed E-state index contributed by atoms with van der Waals surface area (Å²) in [5, 5.41) is 1.16. The molecule has 4 heteroatoms. The van der Waals surface area contributed by atoms with E-state index < -0.39 is 0 Å². The van der Waals surface area contributed by atoms with Gasteiger partial charge in [0.25, 0.3) is 0 Å². The molecule has 1 heterocycles. The van der Waals surface area contributed by atoms with E-state index in [0.717, 1.165) is 17.2 Å². The number of fused-ring (bicyclic) bond motifs is 1. The molecule has 0 radical (unpaired) electrons. The maximum Gasteiger partial charge on any atom is 0.110 e. The zero-order valence-electron chi connectivity index (χ0n) is 9.16. The second-order valence-corrected chi connectivity index (χ2v) is 6.12. The Morgan fingerprint density at radius 2 is 2.27 bits per heavy atom. The summed E-state index contributed by atoms with van der Waals surface area (Å²) in [6, 6.07) is 0.160. The van der Waals surface area contributed by atoms with Gasteiger partial charge in [-0.3, -0.25) is 0 Å². The van der Waals surface area contributed by atoms with Crippen molar-refractivity contribution >= 4 is 23.1 Å². The van der Waals surface area contributed by atoms with Gasteiger partial charge in [-0.15, -0.1) is 11.3 Å². The molecular weight excluding hydrogens is 224 g/mol. The van der Waals surface area contributed by atoms with Gasteiger partial charge in [0, 0.05) is 4.88 Å². The van der Waals surface area contributed by atoms with Gasteiger partial charge in [-0.2, -0.15) is 11.8 Å². The minimum Gasteiger partial charge on any atom is -0.322 e. The zero-order valence-corrected chi connectivity index (χ0v) is 10.8. The number of aromatic nitrogens is 1. The Morgan fingerprint density at radius 3 is 3.00 bits per heavy atom. The summed E-state index contributed by atoms with van der Waals surface area (Å²) in [6.45, 7) is 0. The van der Waals surface area contributed by atoms with Crippen LogP contribution < -0.4 is 5.73 Å². The lowest BCUT2D eigenvalue weighted by Crippen LogP contribution is -2.11. The lowest BCUT2D eigenvalue weighted by atomic mass is 10.0. The number of aryl methyl sites for hydroxylation is 2. The smallest absolute Gasteiger partial charge is 0.110 e. The highest BCUT2D eigenvalue weighted by Crippen LogP contribution is 2.30. The number of hydrogen-bond donors (Lipinski definition) is 1. The van der Waals surface area contributed by atoms with Crippen molar-refractivity contribution in [2.24, 2.45) is 5.73 Å². The summed E-state index contributed by atoms with van der Waals surface area (Å²) in [5.74, 6) is 1.13. The standard InChI is InChI=1S/C11H18N2S2/c1-14-7-6-8(12)11-13-9-4-2-3-5-10(9)15-11/h8H,2-7,12H2,1H3. The average molecular weight is 242 g/mol. The van der Waals surface area contributed by atoms with Gasteiger partial charge in [0.2, 0.25) is 0 Å². The molecule has 1 aliphatic carbocycles. The summed E-state index contributed by atoms with van der Waals surface area (Å²) in [6.07, 6.45) is 8.20. The third-order valence-corrected chi connectivity index (χ3v) is 4.75. The monoisotopic (exact) mass is 242 g/mol. The number of thioether (sulfide) groups is 1. The fourth-order valence-corrected chi connectivity index (χ4v) is 3.58. The summed E-state index contributed by atoms with van der Waals surface area (Å²) < 4.78 is 0. The van der Waals surface area contributed by atoms with Crippen molar-refractivity contribution in [2.75, 3.05) is 12.0 Å². The van der Waals surface area contributed by atoms with E-state index in [1.54, 1.807) is 0 Å². The molecule has 2 N–H and O–H groups in total. The first-order valence-electron chi connectivity index (χ1n) is 5.54. The van der Waals surface area contributed by atoms with Crippen molar-refractivity contribution in [2.45, 2.75) is 38.1 Å². The fourth-order valence-electron chi connectivity index (χ4n) is 1.90. The van der Waals surface area contributed by atoms with Crippen LogP contribution in [-0.4, -0.2) is 17.0 Å². The van der Waals surface area contributed by atoms with Gasteiger partial charge in [-0.05, 0) is 44.1 Å². The number of nitrogens with zero attached hydrogens (tertiary/aromatic N) is 1. The topological polar surface area (TPSA) is 38.9 Å². The SMILES string of the molecule is CSCCC(N)c1nc2c(s1)CCCC2. The first kappa shape index (κ1) is 11.4. The van der Waals surface area contributed by atoms with Crippen molar-refractivity contribution in [3.05, 3.63) is 15.6 Å². The van der Waals surface area contributed by atoms with Crippen molar-refractivity contribution in [3.63, 3.8) is 0 Å². The first-order valence-corrected chi connectivity index (χ1v) is 7.75. The summed E-state index contributed by atoms with van der Waals surface area (Å²) in [4.78, 5) is 6.18. The van der Waals surface area contributed by atoms with E-state index in [1.807, 2.05) is 23.1 Å². The number of nitrogens with two attached hydrogens (primary N) is 1. The predicted octanol–water partition coefficient (Wildman–Crippen LogP) is 2.77. The molecule has 0 bridgehead atoms. The number of thiazole rings is 1. The Morgan fingerprint density at radius 1 is 1.47 bits per heavy atom. The van der Waals surface area contributed by atoms with Gasteiger partial charge in [-0.25, -0.2) is 4.98 Å². The van der Waals surface area contributed by atoms with Crippen LogP contribution in [0.15, 0.2) is 0 Å². The molecule has 0 saturated heterocycles. The van der Waals surface area contributed by atoms with E-state index in [4.69, 9.17) is 5.73 Å². The quantitative estimate of drug-likeness (QED) is 0.882. The minimum atomic E-state index is 0.160. The summed E-state index contributed by atoms with van der Waals surface area (Å²) >= 11 is 3.70. The Kier molecular flexibility index (Phi) is 4.05. The highest BCUT2D eigenvalue weighted by molar-refractivity contribution is 7.98. The van der Waals surface area contributed by atoms with Crippen molar-refractivity contribution in [1.29, 1.82) is 0 Å². The Hall–Kier alpha value is -0.0600. The highest BCUT2D eigenvalue weighted by Gasteiger charge is 2.18. The fraction of sp³-hybridized carbons (Fsp3) is 0.727. The zero-order chi connectivity index (χ0) is 10.7. The molecule has 15 heavy (non-hydrogen) atoms. The van der Waals surface area contributed by atoms with Crippen LogP contribution in [-0.2, 0) is 12.8 Å². The maximum atomic E-state index is 6.13. The number of rotatable bonds is 4. The molecular formula is C11H18N2S2. The lowest BCUT2D eigenvalue weighted by molar-refractivity contribution is 0.665. The average Bonchev–Trinajstić information content (AvgIpc) is 2.69. The first-order chi connectivity index (χ1) is 7.31. The van der Waals surface area contributed by atoms with Gasteiger partial charge >= 0.3 is 0 Å². The molecule has 2 nitrogen and oxygen atoms in total. The molecule has 0 spiro atoms. The molecule has 0 fully saturated rings. The Bertz CT molecular complexity index is 299. The van der Waals surface area contributed by atoms with Gasteiger partial charge < -0.3 is 5.73 Å². The molecule has 1 aromatic rings. The summed E-state index contributed by atoms with van der Waals surface area (Å²) in [5.41, 5.74) is 7.46. The van der Waals surface area contributed by atoms with Crippen LogP contribution in [0.2, 0.25) is 0 Å². The Balaban J connectivity index is 2.05. The third kappa shape index (κ3) is 2.74. The highest BCUT2D eigenvalue weighted by atomic mass is 32.2. The molecule has 0 amide bonds. The lowest BCUT2D eigenvalue weighted by Gasteiger charge is -2.07. The van der Waals surface area contributed by atoms with Gasteiger partial charge in [-0.1, -0.05) is 0 Å². The van der Waals surface area contributed by atoms with Crippen LogP contribution in [0, 0.1) is 0 Å². The normalized spacial score (nSPS) is 17.5. The van der Waals surface area contributed by atoms with Crippen LogP contribution in [0.4, 0.5) is 0 Å². The second-order valence-electron chi connectivity index (χ2n) is 4.02. The van der Waals surface area contributed by atoms with E-state index in [1.165, 1.54) is 36.3 Å². The van der Waals surface area contributed by atoms with Crippen LogP contribution in [0.25, 0.3) is 0 Å². The molecule has 1 atom stereocenters. The molecule has 1 aliphatic rings. The largest absolute Gasteiger partial charge is 0.322 e. The molecule has 2 rings (SSSR count). The van der Waals surface area contributed by atoms with Crippen molar-refractivity contribution < 1.29 is 0 Å². The van der Waals surface area contributed by atoms with Crippen molar-refractivity contribution in [3.8, 4) is 0 Å². The van der Waals surface area contributed by atoms with E-state index in [-0.39, 0.29) is 6.04 Å². The van der Waals surface area contributed by atoms with Gasteiger partial charge in [0.15, 0.2) is 0 Å². The molecule has 0 aliphatic heterocycles. The van der Waals surface area contributed by atoms with Crippen LogP contribution in [0.3, 0.4) is 0 Å². The number of hydrogen-bond acceptors (Lipinski definition) is 4. The van der Waals surface area contributed by atoms with Crippen LogP contribution in [0.1, 0.15) is 40.9 Å². The second kappa shape index (κ2) is 5.32. The Labute approximate surface area is 99.7 Å². The van der Waals surface area contributed by atoms with Crippen molar-refractivity contribution in [1.82, 2.24) is 4.98 Å². The maximum absolute atomic E-state index is 6.13. The van der Waals surface area contributed by atoms with Crippen LogP contribution >= 0.6 is 23.1 Å². The van der Waals surface area contributed by atoms with E-state index in [2.05, 4.69) is 11.2 Å². The predicted molar refractivity (Wildman–Crippen MR) is 68.7 cm³/mol. The van der Waals surface area contributed by atoms with E-state index >= 15 is 0 Å². The van der Waals surface area contributed by atoms with Crippen LogP contribution in [0.5, 0.6) is 0 Å². The van der Waals surface area contributed by atoms with Gasteiger partial charge in [0.05, 0.1) is 11.7 Å². The van der Waals surface area contributed by atoms with E-state index in [0.29, 0.717) is 0 Å². The van der Waals surface area contributed by atoms with E-state index in [9.17, 15) is 0 Å². The molecule has 1 aromatic heterocycles. The minimum absolute atomic E-state index is 0.160. The molecule has 0 saturated carbocycles.